The molecule has 13 heavy (non-hydrogen) atoms. The van der Waals surface area contributed by atoms with E-state index in [9.17, 15) is 4.79 Å². The molecule has 0 aliphatic rings. The SMILES string of the molecule is COCC(C)(C)NCC(C)C(N)=O. The Balaban J connectivity index is 3.80. The maximum Gasteiger partial charge on any atom is 0.221 e. The van der Waals surface area contributed by atoms with Crippen molar-refractivity contribution in [2.75, 3.05) is 20.3 Å². The summed E-state index contributed by atoms with van der Waals surface area (Å²) in [4.78, 5) is 10.7. The molecule has 0 aromatic carbocycles. The summed E-state index contributed by atoms with van der Waals surface area (Å²) in [6, 6.07) is 0. The van der Waals surface area contributed by atoms with Crippen LogP contribution in [0.2, 0.25) is 0 Å². The lowest BCUT2D eigenvalue weighted by atomic mass is 10.1. The average Bonchev–Trinajstić information content (AvgIpc) is 2.00. The third-order valence-electron chi connectivity index (χ3n) is 1.88. The predicted octanol–water partition coefficient (Wildman–Crippen LogP) is 0.122. The second kappa shape index (κ2) is 5.19. The van der Waals surface area contributed by atoms with Gasteiger partial charge in [0.1, 0.15) is 0 Å². The van der Waals surface area contributed by atoms with Crippen molar-refractivity contribution in [3.05, 3.63) is 0 Å². The Morgan fingerprint density at radius 3 is 2.54 bits per heavy atom. The van der Waals surface area contributed by atoms with Gasteiger partial charge in [-0.25, -0.2) is 0 Å². The monoisotopic (exact) mass is 188 g/mol. The molecule has 1 amide bonds. The van der Waals surface area contributed by atoms with Gasteiger partial charge in [0.15, 0.2) is 0 Å². The highest BCUT2D eigenvalue weighted by atomic mass is 16.5. The Hall–Kier alpha value is -0.610. The standard InChI is InChI=1S/C9H20N2O2/c1-7(8(10)12)5-11-9(2,3)6-13-4/h7,11H,5-6H2,1-4H3,(H2,10,12). The molecule has 0 saturated heterocycles. The maximum absolute atomic E-state index is 10.7. The molecular formula is C9H20N2O2. The number of hydrogen-bond donors (Lipinski definition) is 2. The third kappa shape index (κ3) is 5.60. The number of rotatable bonds is 6. The Kier molecular flexibility index (Phi) is 4.95. The normalized spacial score (nSPS) is 14.2. The molecule has 4 heteroatoms. The Morgan fingerprint density at radius 2 is 2.15 bits per heavy atom. The number of carbonyl (C=O) groups is 1. The fourth-order valence-electron chi connectivity index (χ4n) is 0.942. The van der Waals surface area contributed by atoms with Gasteiger partial charge in [0.2, 0.25) is 5.91 Å². The van der Waals surface area contributed by atoms with E-state index in [2.05, 4.69) is 5.32 Å². The fraction of sp³-hybridized carbons (Fsp3) is 0.889. The minimum atomic E-state index is -0.277. The van der Waals surface area contributed by atoms with Crippen LogP contribution in [0, 0.1) is 5.92 Å². The molecule has 0 heterocycles. The minimum Gasteiger partial charge on any atom is -0.383 e. The van der Waals surface area contributed by atoms with E-state index in [4.69, 9.17) is 10.5 Å². The second-order valence-electron chi connectivity index (χ2n) is 4.00. The zero-order valence-electron chi connectivity index (χ0n) is 8.89. The predicted molar refractivity (Wildman–Crippen MR) is 52.3 cm³/mol. The summed E-state index contributed by atoms with van der Waals surface area (Å²) in [6.45, 7) is 7.04. The van der Waals surface area contributed by atoms with E-state index in [1.807, 2.05) is 13.8 Å². The van der Waals surface area contributed by atoms with E-state index in [0.29, 0.717) is 13.2 Å². The highest BCUT2D eigenvalue weighted by molar-refractivity contribution is 5.76. The van der Waals surface area contributed by atoms with Gasteiger partial charge in [0.05, 0.1) is 6.61 Å². The molecule has 1 atom stereocenters. The lowest BCUT2D eigenvalue weighted by Crippen LogP contribution is -2.46. The van der Waals surface area contributed by atoms with Gasteiger partial charge in [0, 0.05) is 25.1 Å². The van der Waals surface area contributed by atoms with Gasteiger partial charge >= 0.3 is 0 Å². The minimum absolute atomic E-state index is 0.113. The molecule has 0 aliphatic heterocycles. The first-order valence-electron chi connectivity index (χ1n) is 4.42. The van der Waals surface area contributed by atoms with Crippen LogP contribution in [0.25, 0.3) is 0 Å². The smallest absolute Gasteiger partial charge is 0.221 e. The van der Waals surface area contributed by atoms with Crippen molar-refractivity contribution in [2.45, 2.75) is 26.3 Å². The molecular weight excluding hydrogens is 168 g/mol. The highest BCUT2D eigenvalue weighted by Gasteiger charge is 2.18. The van der Waals surface area contributed by atoms with Gasteiger partial charge in [-0.1, -0.05) is 6.92 Å². The molecule has 4 nitrogen and oxygen atoms in total. The summed E-state index contributed by atoms with van der Waals surface area (Å²) < 4.78 is 5.02. The van der Waals surface area contributed by atoms with E-state index in [1.54, 1.807) is 14.0 Å². The van der Waals surface area contributed by atoms with Crippen LogP contribution in [0.15, 0.2) is 0 Å². The van der Waals surface area contributed by atoms with Crippen LogP contribution in [0.1, 0.15) is 20.8 Å². The molecule has 0 fully saturated rings. The van der Waals surface area contributed by atoms with Crippen molar-refractivity contribution in [1.29, 1.82) is 0 Å². The Bertz CT molecular complexity index is 169. The molecule has 0 aliphatic carbocycles. The number of methoxy groups -OCH3 is 1. The van der Waals surface area contributed by atoms with Crippen molar-refractivity contribution >= 4 is 5.91 Å². The van der Waals surface area contributed by atoms with E-state index < -0.39 is 0 Å². The van der Waals surface area contributed by atoms with Crippen LogP contribution >= 0.6 is 0 Å². The van der Waals surface area contributed by atoms with Crippen LogP contribution in [0.5, 0.6) is 0 Å². The molecule has 0 rings (SSSR count). The van der Waals surface area contributed by atoms with Crippen molar-refractivity contribution in [1.82, 2.24) is 5.32 Å². The summed E-state index contributed by atoms with van der Waals surface area (Å²) in [5.74, 6) is -0.420. The van der Waals surface area contributed by atoms with Crippen molar-refractivity contribution < 1.29 is 9.53 Å². The molecule has 0 aromatic rings. The number of nitrogens with one attached hydrogen (secondary N) is 1. The van der Waals surface area contributed by atoms with Crippen LogP contribution in [-0.2, 0) is 9.53 Å². The average molecular weight is 188 g/mol. The fourth-order valence-corrected chi connectivity index (χ4v) is 0.942. The summed E-state index contributed by atoms with van der Waals surface area (Å²) in [6.07, 6.45) is 0. The highest BCUT2D eigenvalue weighted by Crippen LogP contribution is 2.03. The number of carbonyl (C=O) groups excluding carboxylic acids is 1. The Morgan fingerprint density at radius 1 is 1.62 bits per heavy atom. The van der Waals surface area contributed by atoms with E-state index in [1.165, 1.54) is 0 Å². The number of nitrogens with two attached hydrogens (primary N) is 1. The molecule has 0 spiro atoms. The quantitative estimate of drug-likeness (QED) is 0.622. The molecule has 0 saturated carbocycles. The van der Waals surface area contributed by atoms with Gasteiger partial charge in [-0.3, -0.25) is 4.79 Å². The number of ether oxygens (including phenoxy) is 1. The molecule has 0 aromatic heterocycles. The molecule has 78 valence electrons. The molecule has 0 radical (unpaired) electrons. The van der Waals surface area contributed by atoms with Gasteiger partial charge in [-0.2, -0.15) is 0 Å². The van der Waals surface area contributed by atoms with Gasteiger partial charge in [-0.15, -0.1) is 0 Å². The first-order valence-corrected chi connectivity index (χ1v) is 4.42. The summed E-state index contributed by atoms with van der Waals surface area (Å²) in [5, 5.41) is 3.22. The van der Waals surface area contributed by atoms with Gasteiger partial charge < -0.3 is 15.8 Å². The van der Waals surface area contributed by atoms with Crippen LogP contribution in [0.3, 0.4) is 0 Å². The van der Waals surface area contributed by atoms with Crippen LogP contribution < -0.4 is 11.1 Å². The largest absolute Gasteiger partial charge is 0.383 e. The van der Waals surface area contributed by atoms with Gasteiger partial charge in [-0.05, 0) is 13.8 Å². The maximum atomic E-state index is 10.7. The van der Waals surface area contributed by atoms with Crippen molar-refractivity contribution in [3.8, 4) is 0 Å². The first-order chi connectivity index (χ1) is 5.89. The first kappa shape index (κ1) is 12.4. The second-order valence-corrected chi connectivity index (χ2v) is 4.00. The lowest BCUT2D eigenvalue weighted by molar-refractivity contribution is -0.121. The Labute approximate surface area is 79.8 Å². The van der Waals surface area contributed by atoms with Crippen molar-refractivity contribution in [3.63, 3.8) is 0 Å². The van der Waals surface area contributed by atoms with E-state index >= 15 is 0 Å². The zero-order valence-corrected chi connectivity index (χ0v) is 8.89. The lowest BCUT2D eigenvalue weighted by Gasteiger charge is -2.26. The summed E-state index contributed by atoms with van der Waals surface area (Å²) in [5.41, 5.74) is 5.02. The number of hydrogen-bond acceptors (Lipinski definition) is 3. The summed E-state index contributed by atoms with van der Waals surface area (Å²) in [7, 11) is 1.65. The molecule has 1 unspecified atom stereocenters. The topological polar surface area (TPSA) is 64.3 Å². The van der Waals surface area contributed by atoms with Gasteiger partial charge in [0.25, 0.3) is 0 Å². The zero-order chi connectivity index (χ0) is 10.5. The summed E-state index contributed by atoms with van der Waals surface area (Å²) >= 11 is 0. The van der Waals surface area contributed by atoms with Crippen LogP contribution in [0.4, 0.5) is 0 Å². The third-order valence-corrected chi connectivity index (χ3v) is 1.88. The van der Waals surface area contributed by atoms with E-state index in [-0.39, 0.29) is 17.4 Å². The number of amides is 1. The molecule has 3 N–H and O–H groups in total. The van der Waals surface area contributed by atoms with E-state index in [0.717, 1.165) is 0 Å². The molecule has 0 bridgehead atoms. The number of primary amides is 1. The van der Waals surface area contributed by atoms with Crippen LogP contribution in [-0.4, -0.2) is 31.7 Å². The van der Waals surface area contributed by atoms with Crippen molar-refractivity contribution in [2.24, 2.45) is 11.7 Å².